The molecule has 0 saturated heterocycles. The summed E-state index contributed by atoms with van der Waals surface area (Å²) in [4.78, 5) is 18.9. The molecule has 0 aromatic carbocycles. The number of hydrogen-bond donors (Lipinski definition) is 1. The van der Waals surface area contributed by atoms with Crippen molar-refractivity contribution in [2.24, 2.45) is 10.4 Å². The number of hydrogen-bond acceptors (Lipinski definition) is 5. The summed E-state index contributed by atoms with van der Waals surface area (Å²) in [5.74, 6) is 0.457. The smallest absolute Gasteiger partial charge is 0.334 e. The lowest BCUT2D eigenvalue weighted by atomic mass is 9.84. The van der Waals surface area contributed by atoms with Gasteiger partial charge in [0.1, 0.15) is 5.82 Å². The Morgan fingerprint density at radius 3 is 2.48 bits per heavy atom. The van der Waals surface area contributed by atoms with Crippen molar-refractivity contribution in [1.29, 1.82) is 0 Å². The molecule has 0 bridgehead atoms. The molecular weight excluding hydrogens is 290 g/mol. The Labute approximate surface area is 139 Å². The minimum Gasteiger partial charge on any atom is -0.463 e. The summed E-state index contributed by atoms with van der Waals surface area (Å²) in [6, 6.07) is 0. The molecule has 0 aliphatic carbocycles. The number of dihydropyridines is 1. The van der Waals surface area contributed by atoms with Crippen LogP contribution in [-0.2, 0) is 9.53 Å². The Morgan fingerprint density at radius 1 is 1.30 bits per heavy atom. The molecule has 1 N–H and O–H groups in total. The van der Waals surface area contributed by atoms with Crippen LogP contribution in [0.4, 0.5) is 0 Å². The average Bonchev–Trinajstić information content (AvgIpc) is 2.74. The molecule has 128 valence electrons. The molecule has 0 radical (unpaired) electrons. The van der Waals surface area contributed by atoms with Gasteiger partial charge in [-0.25, -0.2) is 4.79 Å². The van der Waals surface area contributed by atoms with Crippen molar-refractivity contribution in [3.8, 4) is 0 Å². The van der Waals surface area contributed by atoms with E-state index in [0.29, 0.717) is 6.61 Å². The van der Waals surface area contributed by atoms with Crippen molar-refractivity contribution >= 4 is 11.7 Å². The van der Waals surface area contributed by atoms with Crippen LogP contribution < -0.4 is 5.32 Å². The highest BCUT2D eigenvalue weighted by molar-refractivity contribution is 6.05. The maximum Gasteiger partial charge on any atom is 0.334 e. The Morgan fingerprint density at radius 2 is 1.96 bits per heavy atom. The first-order chi connectivity index (χ1) is 10.6. The maximum absolute atomic E-state index is 11.9. The molecule has 5 nitrogen and oxygen atoms in total. The topological polar surface area (TPSA) is 53.9 Å². The fourth-order valence-corrected chi connectivity index (χ4v) is 2.99. The molecule has 0 unspecified atom stereocenters. The quantitative estimate of drug-likeness (QED) is 0.627. The van der Waals surface area contributed by atoms with Crippen molar-refractivity contribution in [3.63, 3.8) is 0 Å². The van der Waals surface area contributed by atoms with E-state index in [1.165, 1.54) is 0 Å². The molecule has 0 atom stereocenters. The maximum atomic E-state index is 11.9. The summed E-state index contributed by atoms with van der Waals surface area (Å²) in [6.07, 6.45) is 2.41. The molecule has 0 amide bonds. The van der Waals surface area contributed by atoms with Gasteiger partial charge in [0, 0.05) is 29.6 Å². The van der Waals surface area contributed by atoms with E-state index in [-0.39, 0.29) is 16.9 Å². The molecule has 0 saturated carbocycles. The normalized spacial score (nSPS) is 20.4. The van der Waals surface area contributed by atoms with E-state index in [1.807, 2.05) is 6.92 Å². The van der Waals surface area contributed by atoms with E-state index in [2.05, 4.69) is 51.8 Å². The van der Waals surface area contributed by atoms with E-state index < -0.39 is 0 Å². The van der Waals surface area contributed by atoms with Crippen molar-refractivity contribution in [1.82, 2.24) is 10.2 Å². The highest BCUT2D eigenvalue weighted by Crippen LogP contribution is 2.39. The van der Waals surface area contributed by atoms with Gasteiger partial charge in [-0.15, -0.1) is 0 Å². The van der Waals surface area contributed by atoms with Crippen molar-refractivity contribution in [2.75, 3.05) is 13.2 Å². The summed E-state index contributed by atoms with van der Waals surface area (Å²) in [5, 5.41) is 3.43. The minimum atomic E-state index is -0.321. The summed E-state index contributed by atoms with van der Waals surface area (Å²) in [6.45, 7) is 15.9. The number of ether oxygens (including phenoxy) is 1. The molecule has 0 fully saturated rings. The van der Waals surface area contributed by atoms with Gasteiger partial charge < -0.3 is 15.0 Å². The van der Waals surface area contributed by atoms with Crippen LogP contribution in [0.2, 0.25) is 0 Å². The zero-order valence-electron chi connectivity index (χ0n) is 15.4. The van der Waals surface area contributed by atoms with Gasteiger partial charge in [0.25, 0.3) is 0 Å². The van der Waals surface area contributed by atoms with Gasteiger partial charge >= 0.3 is 5.97 Å². The zero-order chi connectivity index (χ0) is 17.4. The third-order valence-corrected chi connectivity index (χ3v) is 3.81. The van der Waals surface area contributed by atoms with Gasteiger partial charge in [0.2, 0.25) is 0 Å². The van der Waals surface area contributed by atoms with Gasteiger partial charge in [0.05, 0.1) is 24.1 Å². The summed E-state index contributed by atoms with van der Waals surface area (Å²) < 4.78 is 5.08. The average molecular weight is 319 g/mol. The number of nitrogens with one attached hydrogen (secondary N) is 1. The molecule has 0 aromatic rings. The zero-order valence-corrected chi connectivity index (χ0v) is 15.4. The Hall–Kier alpha value is -1.78. The SMILES string of the molecule is CCOC(=O)C=C1NC2=C(C(C(C)(C)C)=NCC2)N1C(C)(C)C. The van der Waals surface area contributed by atoms with E-state index >= 15 is 0 Å². The van der Waals surface area contributed by atoms with E-state index in [1.54, 1.807) is 6.08 Å². The number of rotatable bonds is 2. The van der Waals surface area contributed by atoms with Crippen LogP contribution in [0.25, 0.3) is 0 Å². The summed E-state index contributed by atoms with van der Waals surface area (Å²) in [7, 11) is 0. The van der Waals surface area contributed by atoms with Gasteiger partial charge in [0.15, 0.2) is 0 Å². The first-order valence-corrected chi connectivity index (χ1v) is 8.30. The molecule has 2 aliphatic rings. The first-order valence-electron chi connectivity index (χ1n) is 8.30. The molecule has 5 heteroatoms. The van der Waals surface area contributed by atoms with Gasteiger partial charge in [-0.3, -0.25) is 4.99 Å². The largest absolute Gasteiger partial charge is 0.463 e. The number of carbonyl (C=O) groups excluding carboxylic acids is 1. The highest BCUT2D eigenvalue weighted by Gasteiger charge is 2.41. The Bertz CT molecular complexity index is 586. The summed E-state index contributed by atoms with van der Waals surface area (Å²) >= 11 is 0. The Balaban J connectivity index is 2.48. The lowest BCUT2D eigenvalue weighted by Gasteiger charge is -2.39. The molecule has 0 spiro atoms. The van der Waals surface area contributed by atoms with Gasteiger partial charge in [-0.1, -0.05) is 20.8 Å². The molecular formula is C18H29N3O2. The van der Waals surface area contributed by atoms with E-state index in [0.717, 1.165) is 35.9 Å². The lowest BCUT2D eigenvalue weighted by molar-refractivity contribution is -0.137. The second kappa shape index (κ2) is 6.02. The second-order valence-corrected chi connectivity index (χ2v) is 7.97. The van der Waals surface area contributed by atoms with Gasteiger partial charge in [-0.2, -0.15) is 0 Å². The van der Waals surface area contributed by atoms with E-state index in [4.69, 9.17) is 9.73 Å². The predicted molar refractivity (Wildman–Crippen MR) is 92.8 cm³/mol. The van der Waals surface area contributed by atoms with Crippen LogP contribution in [0.5, 0.6) is 0 Å². The third kappa shape index (κ3) is 3.59. The fraction of sp³-hybridized carbons (Fsp3) is 0.667. The van der Waals surface area contributed by atoms with E-state index in [9.17, 15) is 4.79 Å². The number of nitrogens with zero attached hydrogens (tertiary/aromatic N) is 2. The van der Waals surface area contributed by atoms with Crippen LogP contribution in [0.1, 0.15) is 54.9 Å². The fourth-order valence-electron chi connectivity index (χ4n) is 2.99. The van der Waals surface area contributed by atoms with Crippen LogP contribution in [0.3, 0.4) is 0 Å². The lowest BCUT2D eigenvalue weighted by Crippen LogP contribution is -2.43. The molecule has 2 aliphatic heterocycles. The van der Waals surface area contributed by atoms with Crippen LogP contribution >= 0.6 is 0 Å². The molecule has 0 aromatic heterocycles. The molecule has 23 heavy (non-hydrogen) atoms. The minimum absolute atomic E-state index is 0.0500. The summed E-state index contributed by atoms with van der Waals surface area (Å²) in [5.41, 5.74) is 3.13. The van der Waals surface area contributed by atoms with Crippen LogP contribution in [-0.4, -0.2) is 35.3 Å². The standard InChI is InChI=1S/C18H29N3O2/c1-8-23-14(22)11-13-20-12-9-10-19-16(17(2,3)4)15(12)21(13)18(5,6)7/h11,20H,8-10H2,1-7H3. The van der Waals surface area contributed by atoms with Crippen molar-refractivity contribution in [2.45, 2.75) is 60.4 Å². The van der Waals surface area contributed by atoms with Gasteiger partial charge in [-0.05, 0) is 27.7 Å². The monoisotopic (exact) mass is 319 g/mol. The molecule has 2 rings (SSSR count). The Kier molecular flexibility index (Phi) is 4.60. The van der Waals surface area contributed by atoms with Crippen molar-refractivity contribution in [3.05, 3.63) is 23.3 Å². The number of esters is 1. The first kappa shape index (κ1) is 17.6. The number of carbonyl (C=O) groups is 1. The number of aliphatic imine (C=N–C) groups is 1. The third-order valence-electron chi connectivity index (χ3n) is 3.81. The van der Waals surface area contributed by atoms with Crippen LogP contribution in [0.15, 0.2) is 28.3 Å². The predicted octanol–water partition coefficient (Wildman–Crippen LogP) is 3.20. The highest BCUT2D eigenvalue weighted by atomic mass is 16.5. The molecule has 2 heterocycles. The number of allylic oxidation sites excluding steroid dienone is 1. The van der Waals surface area contributed by atoms with Crippen molar-refractivity contribution < 1.29 is 9.53 Å². The second-order valence-electron chi connectivity index (χ2n) is 7.97. The van der Waals surface area contributed by atoms with Crippen LogP contribution in [0, 0.1) is 5.41 Å².